The van der Waals surface area contributed by atoms with E-state index in [2.05, 4.69) is 34.1 Å². The van der Waals surface area contributed by atoms with Gasteiger partial charge in [0.25, 0.3) is 0 Å². The van der Waals surface area contributed by atoms with Gasteiger partial charge in [0.05, 0.1) is 18.7 Å². The number of hydrogen-bond acceptors (Lipinski definition) is 6. The number of rotatable bonds is 10. The number of benzene rings is 2. The van der Waals surface area contributed by atoms with E-state index >= 15 is 0 Å². The number of piperidine rings is 1. The number of hydrogen-bond donors (Lipinski definition) is 2. The first kappa shape index (κ1) is 24.0. The highest BCUT2D eigenvalue weighted by atomic mass is 32.2. The minimum Gasteiger partial charge on any atom is -0.497 e. The zero-order valence-electron chi connectivity index (χ0n) is 19.3. The number of aliphatic hydroxyl groups is 2. The second-order valence-corrected chi connectivity index (χ2v) is 10.00. The maximum Gasteiger partial charge on any atom is 0.119 e. The topological polar surface area (TPSA) is 65.8 Å². The molecule has 0 saturated carbocycles. The van der Waals surface area contributed by atoms with Crippen LogP contribution in [0, 0.1) is 11.8 Å². The molecule has 2 N–H and O–H groups in total. The number of likely N-dealkylation sites (tertiary alicyclic amines) is 1. The summed E-state index contributed by atoms with van der Waals surface area (Å²) in [5, 5.41) is 22.0. The molecule has 176 valence electrons. The Morgan fingerprint density at radius 2 is 2.00 bits per heavy atom. The van der Waals surface area contributed by atoms with Gasteiger partial charge < -0.3 is 19.8 Å². The van der Waals surface area contributed by atoms with Crippen LogP contribution in [0.1, 0.15) is 30.9 Å². The van der Waals surface area contributed by atoms with Crippen molar-refractivity contribution in [1.82, 2.24) is 9.88 Å². The van der Waals surface area contributed by atoms with E-state index in [-0.39, 0.29) is 12.5 Å². The Morgan fingerprint density at radius 1 is 1.15 bits per heavy atom. The van der Waals surface area contributed by atoms with Crippen molar-refractivity contribution in [1.29, 1.82) is 0 Å². The first-order valence-electron chi connectivity index (χ1n) is 11.8. The maximum atomic E-state index is 11.0. The molecule has 0 radical (unpaired) electrons. The fraction of sp³-hybridized carbons (Fsp3) is 0.444. The lowest BCUT2D eigenvalue weighted by Gasteiger charge is -2.38. The van der Waals surface area contributed by atoms with Gasteiger partial charge in [0.2, 0.25) is 0 Å². The molecule has 1 aliphatic rings. The molecule has 2 aromatic carbocycles. The molecule has 1 aromatic heterocycles. The third-order valence-corrected chi connectivity index (χ3v) is 7.77. The second-order valence-electron chi connectivity index (χ2n) is 8.83. The zero-order valence-corrected chi connectivity index (χ0v) is 20.1. The van der Waals surface area contributed by atoms with E-state index in [1.165, 1.54) is 4.90 Å². The van der Waals surface area contributed by atoms with E-state index in [9.17, 15) is 10.2 Å². The summed E-state index contributed by atoms with van der Waals surface area (Å²) in [4.78, 5) is 8.21. The molecule has 6 heteroatoms. The summed E-state index contributed by atoms with van der Waals surface area (Å²) in [6, 6.07) is 18.2. The summed E-state index contributed by atoms with van der Waals surface area (Å²) in [6.07, 6.45) is 3.87. The van der Waals surface area contributed by atoms with Gasteiger partial charge in [0.15, 0.2) is 0 Å². The van der Waals surface area contributed by atoms with Crippen molar-refractivity contribution in [2.45, 2.75) is 30.3 Å². The van der Waals surface area contributed by atoms with Crippen molar-refractivity contribution in [3.05, 3.63) is 66.4 Å². The minimum absolute atomic E-state index is 0.207. The molecule has 4 rings (SSSR count). The smallest absolute Gasteiger partial charge is 0.119 e. The molecule has 0 spiro atoms. The number of thioether (sulfide) groups is 1. The Balaban J connectivity index is 1.30. The van der Waals surface area contributed by atoms with E-state index in [0.29, 0.717) is 12.3 Å². The molecule has 3 aromatic rings. The number of methoxy groups -OCH3 is 1. The van der Waals surface area contributed by atoms with Crippen LogP contribution in [0.3, 0.4) is 0 Å². The van der Waals surface area contributed by atoms with Gasteiger partial charge in [-0.15, -0.1) is 11.8 Å². The Hall–Kier alpha value is -2.12. The number of fused-ring (bicyclic) bond motifs is 1. The van der Waals surface area contributed by atoms with E-state index in [1.807, 2.05) is 42.1 Å². The summed E-state index contributed by atoms with van der Waals surface area (Å²) >= 11 is 1.89. The molecule has 3 atom stereocenters. The molecule has 1 unspecified atom stereocenters. The van der Waals surface area contributed by atoms with Crippen LogP contribution in [0.25, 0.3) is 10.9 Å². The summed E-state index contributed by atoms with van der Waals surface area (Å²) < 4.78 is 5.36. The van der Waals surface area contributed by atoms with Crippen LogP contribution in [0.15, 0.2) is 65.7 Å². The highest BCUT2D eigenvalue weighted by Crippen LogP contribution is 2.33. The van der Waals surface area contributed by atoms with Gasteiger partial charge in [-0.1, -0.05) is 18.2 Å². The molecule has 2 heterocycles. The third kappa shape index (κ3) is 6.27. The first-order valence-corrected chi connectivity index (χ1v) is 12.8. The van der Waals surface area contributed by atoms with Crippen LogP contribution in [-0.4, -0.2) is 59.2 Å². The number of nitrogens with zero attached hydrogens (tertiary/aromatic N) is 2. The van der Waals surface area contributed by atoms with Gasteiger partial charge in [-0.05, 0) is 79.6 Å². The van der Waals surface area contributed by atoms with Gasteiger partial charge in [0, 0.05) is 41.9 Å². The summed E-state index contributed by atoms with van der Waals surface area (Å²) in [5.41, 5.74) is 1.76. The van der Waals surface area contributed by atoms with Gasteiger partial charge in [0.1, 0.15) is 5.75 Å². The van der Waals surface area contributed by atoms with Crippen LogP contribution >= 0.6 is 11.8 Å². The highest BCUT2D eigenvalue weighted by Gasteiger charge is 2.29. The fourth-order valence-corrected chi connectivity index (χ4v) is 5.78. The molecule has 0 bridgehead atoms. The maximum absolute atomic E-state index is 11.0. The minimum atomic E-state index is -0.553. The lowest BCUT2D eigenvalue weighted by Crippen LogP contribution is -2.43. The Bertz CT molecular complexity index is 1020. The number of ether oxygens (including phenoxy) is 1. The second kappa shape index (κ2) is 11.8. The van der Waals surface area contributed by atoms with Crippen molar-refractivity contribution in [3.8, 4) is 5.75 Å². The van der Waals surface area contributed by atoms with Crippen LogP contribution < -0.4 is 4.74 Å². The molecule has 0 aliphatic carbocycles. The van der Waals surface area contributed by atoms with Crippen molar-refractivity contribution in [2.24, 2.45) is 11.8 Å². The van der Waals surface area contributed by atoms with Gasteiger partial charge in [-0.3, -0.25) is 4.98 Å². The molecule has 33 heavy (non-hydrogen) atoms. The summed E-state index contributed by atoms with van der Waals surface area (Å²) in [7, 11) is 1.65. The van der Waals surface area contributed by atoms with E-state index in [1.54, 1.807) is 13.3 Å². The zero-order chi connectivity index (χ0) is 23.0. The molecular formula is C27H34N2O3S. The molecule has 1 fully saturated rings. The van der Waals surface area contributed by atoms with Gasteiger partial charge in [-0.25, -0.2) is 0 Å². The van der Waals surface area contributed by atoms with Crippen LogP contribution in [0.4, 0.5) is 0 Å². The average molecular weight is 467 g/mol. The van der Waals surface area contributed by atoms with Crippen LogP contribution in [0.5, 0.6) is 5.75 Å². The predicted octanol–water partition coefficient (Wildman–Crippen LogP) is 4.78. The third-order valence-electron chi connectivity index (χ3n) is 6.78. The molecular weight excluding hydrogens is 432 g/mol. The molecule has 0 amide bonds. The summed E-state index contributed by atoms with van der Waals surface area (Å²) in [5.74, 6) is 2.53. The quantitative estimate of drug-likeness (QED) is 0.419. The fourth-order valence-electron chi connectivity index (χ4n) is 4.85. The monoisotopic (exact) mass is 466 g/mol. The Kier molecular flexibility index (Phi) is 8.62. The van der Waals surface area contributed by atoms with Crippen molar-refractivity contribution < 1.29 is 14.9 Å². The first-order chi connectivity index (χ1) is 16.2. The lowest BCUT2D eigenvalue weighted by atomic mass is 9.81. The van der Waals surface area contributed by atoms with Crippen LogP contribution in [0.2, 0.25) is 0 Å². The summed E-state index contributed by atoms with van der Waals surface area (Å²) in [6.45, 7) is 3.23. The van der Waals surface area contributed by atoms with Gasteiger partial charge >= 0.3 is 0 Å². The average Bonchev–Trinajstić information content (AvgIpc) is 2.87. The number of aliphatic hydroxyl groups excluding tert-OH is 2. The largest absolute Gasteiger partial charge is 0.497 e. The normalized spacial score (nSPS) is 20.1. The van der Waals surface area contributed by atoms with E-state index < -0.39 is 6.10 Å². The molecule has 1 saturated heterocycles. The van der Waals surface area contributed by atoms with Crippen molar-refractivity contribution in [2.75, 3.05) is 39.1 Å². The lowest BCUT2D eigenvalue weighted by molar-refractivity contribution is 0.0608. The van der Waals surface area contributed by atoms with E-state index in [0.717, 1.165) is 60.4 Å². The van der Waals surface area contributed by atoms with E-state index in [4.69, 9.17) is 4.74 Å². The predicted molar refractivity (Wildman–Crippen MR) is 135 cm³/mol. The highest BCUT2D eigenvalue weighted by molar-refractivity contribution is 7.99. The Labute approximate surface area is 200 Å². The van der Waals surface area contributed by atoms with Crippen LogP contribution in [-0.2, 0) is 0 Å². The molecule has 5 nitrogen and oxygen atoms in total. The van der Waals surface area contributed by atoms with Crippen molar-refractivity contribution in [3.63, 3.8) is 0 Å². The van der Waals surface area contributed by atoms with Crippen molar-refractivity contribution >= 4 is 22.7 Å². The Morgan fingerprint density at radius 3 is 2.79 bits per heavy atom. The standard InChI is InChI=1S/C27H34N2O3S/c1-32-22-8-9-26-25(17-22)24(11-13-28-26)27(31)10-7-20-12-14-29(18-21(20)19-30)15-16-33-23-5-3-2-4-6-23/h2-6,8-9,11,13,17,20-21,27,30-31H,7,10,12,14-16,18-19H2,1H3/t20-,21-,27?/m1/s1. The number of pyridine rings is 1. The van der Waals surface area contributed by atoms with Gasteiger partial charge in [-0.2, -0.15) is 0 Å². The molecule has 1 aliphatic heterocycles. The SMILES string of the molecule is COc1ccc2nccc(C(O)CC[C@@H]3CCN(CCSc4ccccc4)C[C@@H]3CO)c2c1. The number of aromatic nitrogens is 1.